The maximum Gasteiger partial charge on any atom is 0.416 e. The second-order valence-electron chi connectivity index (χ2n) is 7.93. The van der Waals surface area contributed by atoms with E-state index in [1.54, 1.807) is 17.3 Å². The van der Waals surface area contributed by atoms with Gasteiger partial charge in [0.2, 0.25) is 10.0 Å². The molecule has 4 rings (SSSR count). The summed E-state index contributed by atoms with van der Waals surface area (Å²) in [4.78, 5) is 23.2. The lowest BCUT2D eigenvalue weighted by molar-refractivity contribution is 0.178. The molecule has 0 unspecified atom stereocenters. The van der Waals surface area contributed by atoms with Gasteiger partial charge in [-0.25, -0.2) is 22.5 Å². The third-order valence-corrected chi connectivity index (χ3v) is 7.08. The van der Waals surface area contributed by atoms with Gasteiger partial charge in [0.05, 0.1) is 18.0 Å². The number of nitrogens with zero attached hydrogens (tertiary/aromatic N) is 4. The van der Waals surface area contributed by atoms with E-state index in [2.05, 4.69) is 9.97 Å². The van der Waals surface area contributed by atoms with Crippen molar-refractivity contribution < 1.29 is 17.9 Å². The van der Waals surface area contributed by atoms with Gasteiger partial charge in [-0.3, -0.25) is 9.88 Å². The normalized spacial score (nSPS) is 21.0. The fourth-order valence-electron chi connectivity index (χ4n) is 4.18. The van der Waals surface area contributed by atoms with Gasteiger partial charge in [-0.15, -0.1) is 0 Å². The Labute approximate surface area is 176 Å². The first-order valence-electron chi connectivity index (χ1n) is 10.2. The predicted octanol–water partition coefficient (Wildman–Crippen LogP) is 2.26. The van der Waals surface area contributed by atoms with Crippen LogP contribution in [-0.2, 0) is 27.6 Å². The summed E-state index contributed by atoms with van der Waals surface area (Å²) in [6.07, 6.45) is 6.94. The number of hydrogen-bond acceptors (Lipinski definition) is 6. The quantitative estimate of drug-likeness (QED) is 0.698. The van der Waals surface area contributed by atoms with Crippen LogP contribution in [-0.4, -0.2) is 60.8 Å². The molecule has 0 aliphatic carbocycles. The Morgan fingerprint density at radius 1 is 1.07 bits per heavy atom. The van der Waals surface area contributed by atoms with E-state index in [9.17, 15) is 13.2 Å². The van der Waals surface area contributed by atoms with Crippen LogP contribution >= 0.6 is 0 Å². The minimum absolute atomic E-state index is 0.137. The van der Waals surface area contributed by atoms with Gasteiger partial charge in [0.1, 0.15) is 6.61 Å². The number of sulfonamides is 1. The third kappa shape index (κ3) is 4.62. The maximum absolute atomic E-state index is 12.5. The molecule has 2 aliphatic heterocycles. The number of piperidine rings is 1. The summed E-state index contributed by atoms with van der Waals surface area (Å²) < 4.78 is 30.4. The highest BCUT2D eigenvalue weighted by atomic mass is 32.2. The Bertz CT molecular complexity index is 991. The molecule has 2 saturated heterocycles. The van der Waals surface area contributed by atoms with Gasteiger partial charge in [-0.1, -0.05) is 30.3 Å². The summed E-state index contributed by atoms with van der Waals surface area (Å²) in [6.45, 7) is 1.35. The van der Waals surface area contributed by atoms with Crippen LogP contribution in [0.4, 0.5) is 10.6 Å². The summed E-state index contributed by atoms with van der Waals surface area (Å²) in [5.41, 5.74) is 1.89. The van der Waals surface area contributed by atoms with Crippen molar-refractivity contribution in [2.75, 3.05) is 30.9 Å². The summed E-state index contributed by atoms with van der Waals surface area (Å²) in [5, 5.41) is 0. The first kappa shape index (κ1) is 20.7. The van der Waals surface area contributed by atoms with Crippen LogP contribution in [0.3, 0.4) is 0 Å². The Balaban J connectivity index is 1.50. The van der Waals surface area contributed by atoms with E-state index >= 15 is 0 Å². The summed E-state index contributed by atoms with van der Waals surface area (Å²) in [6, 6.07) is 9.86. The fraction of sp³-hybridized carbons (Fsp3) is 0.476. The largest absolute Gasteiger partial charge is 0.447 e. The van der Waals surface area contributed by atoms with Crippen LogP contribution in [0.25, 0.3) is 0 Å². The zero-order valence-corrected chi connectivity index (χ0v) is 17.8. The van der Waals surface area contributed by atoms with Crippen molar-refractivity contribution in [2.45, 2.75) is 31.7 Å². The van der Waals surface area contributed by atoms with E-state index in [1.165, 1.54) is 10.6 Å². The number of benzene rings is 1. The predicted molar refractivity (Wildman–Crippen MR) is 113 cm³/mol. The third-order valence-electron chi connectivity index (χ3n) is 5.78. The summed E-state index contributed by atoms with van der Waals surface area (Å²) in [7, 11) is -3.15. The van der Waals surface area contributed by atoms with E-state index in [0.717, 1.165) is 24.1 Å². The van der Waals surface area contributed by atoms with Crippen molar-refractivity contribution in [1.29, 1.82) is 0 Å². The lowest BCUT2D eigenvalue weighted by Gasteiger charge is -2.30. The number of ether oxygens (including phenoxy) is 1. The van der Waals surface area contributed by atoms with Gasteiger partial charge in [-0.05, 0) is 37.2 Å². The average molecular weight is 431 g/mol. The van der Waals surface area contributed by atoms with Crippen molar-refractivity contribution in [1.82, 2.24) is 14.3 Å². The lowest BCUT2D eigenvalue weighted by atomic mass is 9.93. The number of rotatable bonds is 6. The molecule has 1 atom stereocenters. The number of amides is 1. The molecule has 1 aromatic heterocycles. The number of cyclic esters (lactones) is 1. The molecule has 2 aliphatic rings. The highest BCUT2D eigenvalue weighted by Gasteiger charge is 2.37. The zero-order valence-electron chi connectivity index (χ0n) is 17.0. The average Bonchev–Trinajstić information content (AvgIpc) is 3.09. The Hall–Kier alpha value is -2.52. The minimum atomic E-state index is -3.15. The van der Waals surface area contributed by atoms with E-state index in [4.69, 9.17) is 4.74 Å². The summed E-state index contributed by atoms with van der Waals surface area (Å²) >= 11 is 0. The van der Waals surface area contributed by atoms with E-state index in [1.807, 2.05) is 30.3 Å². The molecule has 0 radical (unpaired) electrons. The highest BCUT2D eigenvalue weighted by Crippen LogP contribution is 2.29. The van der Waals surface area contributed by atoms with Crippen LogP contribution in [0.2, 0.25) is 0 Å². The molecule has 0 spiro atoms. The van der Waals surface area contributed by atoms with Gasteiger partial charge >= 0.3 is 6.09 Å². The molecule has 2 fully saturated rings. The molecule has 1 aromatic carbocycles. The van der Waals surface area contributed by atoms with Gasteiger partial charge in [0, 0.05) is 25.5 Å². The molecule has 30 heavy (non-hydrogen) atoms. The molecule has 9 heteroatoms. The van der Waals surface area contributed by atoms with Crippen LogP contribution in [0.1, 0.15) is 24.1 Å². The van der Waals surface area contributed by atoms with Gasteiger partial charge in [0.25, 0.3) is 0 Å². The summed E-state index contributed by atoms with van der Waals surface area (Å²) in [5.74, 6) is 0.844. The second-order valence-corrected chi connectivity index (χ2v) is 9.91. The standard InChI is InChI=1S/C21H26N4O4S/c1-30(27,28)24-11-7-17(8-12-24)14-19-20(23-10-9-22-19)25-18(15-29-21(25)26)13-16-5-3-2-4-6-16/h2-6,9-10,17-18H,7-8,11-15H2,1H3/t18-/m1/s1. The molecule has 8 nitrogen and oxygen atoms in total. The van der Waals surface area contributed by atoms with Crippen molar-refractivity contribution >= 4 is 21.9 Å². The van der Waals surface area contributed by atoms with E-state index in [0.29, 0.717) is 44.3 Å². The lowest BCUT2D eigenvalue weighted by Crippen LogP contribution is -2.39. The van der Waals surface area contributed by atoms with Crippen LogP contribution in [0.5, 0.6) is 0 Å². The van der Waals surface area contributed by atoms with Crippen molar-refractivity contribution in [3.63, 3.8) is 0 Å². The number of anilines is 1. The Morgan fingerprint density at radius 2 is 1.77 bits per heavy atom. The van der Waals surface area contributed by atoms with E-state index in [-0.39, 0.29) is 6.04 Å². The molecular weight excluding hydrogens is 404 g/mol. The number of carbonyl (C=O) groups is 1. The van der Waals surface area contributed by atoms with Gasteiger partial charge < -0.3 is 4.74 Å². The Kier molecular flexibility index (Phi) is 6.01. The van der Waals surface area contributed by atoms with Gasteiger partial charge in [-0.2, -0.15) is 0 Å². The molecule has 0 saturated carbocycles. The van der Waals surface area contributed by atoms with Crippen molar-refractivity contribution in [3.05, 3.63) is 54.0 Å². The smallest absolute Gasteiger partial charge is 0.416 e. The fourth-order valence-corrected chi connectivity index (χ4v) is 5.05. The van der Waals surface area contributed by atoms with Crippen molar-refractivity contribution in [3.8, 4) is 0 Å². The van der Waals surface area contributed by atoms with Crippen LogP contribution in [0, 0.1) is 5.92 Å². The molecule has 160 valence electrons. The van der Waals surface area contributed by atoms with Crippen LogP contribution in [0.15, 0.2) is 42.7 Å². The SMILES string of the molecule is CS(=O)(=O)N1CCC(Cc2nccnc2N2C(=O)OC[C@H]2Cc2ccccc2)CC1. The zero-order chi connectivity index (χ0) is 21.1. The Morgan fingerprint density at radius 3 is 2.47 bits per heavy atom. The van der Waals surface area contributed by atoms with Crippen molar-refractivity contribution in [2.24, 2.45) is 5.92 Å². The molecule has 3 heterocycles. The maximum atomic E-state index is 12.5. The topological polar surface area (TPSA) is 92.7 Å². The highest BCUT2D eigenvalue weighted by molar-refractivity contribution is 7.88. The number of carbonyl (C=O) groups excluding carboxylic acids is 1. The number of hydrogen-bond donors (Lipinski definition) is 0. The molecular formula is C21H26N4O4S. The second kappa shape index (κ2) is 8.69. The molecule has 0 N–H and O–H groups in total. The van der Waals surface area contributed by atoms with E-state index < -0.39 is 16.1 Å². The first-order valence-corrected chi connectivity index (χ1v) is 12.0. The first-order chi connectivity index (χ1) is 14.4. The number of aromatic nitrogens is 2. The van der Waals surface area contributed by atoms with Gasteiger partial charge in [0.15, 0.2) is 5.82 Å². The molecule has 0 bridgehead atoms. The molecule has 2 aromatic rings. The molecule has 1 amide bonds. The minimum Gasteiger partial charge on any atom is -0.447 e. The monoisotopic (exact) mass is 430 g/mol. The van der Waals surface area contributed by atoms with Crippen LogP contribution < -0.4 is 4.90 Å².